The monoisotopic (exact) mass is 369 g/mol. The summed E-state index contributed by atoms with van der Waals surface area (Å²) in [4.78, 5) is 28.7. The number of amides is 2. The van der Waals surface area contributed by atoms with Gasteiger partial charge in [-0.25, -0.2) is 4.39 Å². The van der Waals surface area contributed by atoms with Gasteiger partial charge in [-0.2, -0.15) is 0 Å². The van der Waals surface area contributed by atoms with Crippen molar-refractivity contribution in [1.82, 2.24) is 9.80 Å². The van der Waals surface area contributed by atoms with Gasteiger partial charge in [-0.15, -0.1) is 0 Å². The zero-order valence-electron chi connectivity index (χ0n) is 15.2. The second kappa shape index (κ2) is 8.77. The molecule has 27 heavy (non-hydrogen) atoms. The lowest BCUT2D eigenvalue weighted by Crippen LogP contribution is -2.38. The molecule has 5 nitrogen and oxygen atoms in total. The molecule has 1 aliphatic rings. The first kappa shape index (κ1) is 19.0. The fraction of sp³-hybridized carbons (Fsp3) is 0.333. The maximum absolute atomic E-state index is 13.0. The average Bonchev–Trinajstić information content (AvgIpc) is 2.95. The summed E-state index contributed by atoms with van der Waals surface area (Å²) >= 11 is 0. The van der Waals surface area contributed by atoms with Gasteiger partial charge in [0, 0.05) is 44.2 Å². The number of rotatable bonds is 4. The van der Waals surface area contributed by atoms with Crippen LogP contribution in [0.25, 0.3) is 0 Å². The van der Waals surface area contributed by atoms with E-state index in [1.165, 1.54) is 24.3 Å². The first-order valence-corrected chi connectivity index (χ1v) is 9.18. The van der Waals surface area contributed by atoms with Gasteiger partial charge >= 0.3 is 0 Å². The van der Waals surface area contributed by atoms with Crippen LogP contribution in [0.5, 0.6) is 0 Å². The molecule has 2 aromatic carbocycles. The highest BCUT2D eigenvalue weighted by molar-refractivity contribution is 5.94. The van der Waals surface area contributed by atoms with Crippen LogP contribution in [0.1, 0.15) is 34.8 Å². The van der Waals surface area contributed by atoms with Crippen molar-refractivity contribution in [2.75, 3.05) is 26.2 Å². The minimum atomic E-state index is -0.367. The Bertz CT molecular complexity index is 780. The topological polar surface area (TPSA) is 66.6 Å². The minimum absolute atomic E-state index is 0.00225. The molecule has 2 amide bonds. The Kier molecular flexibility index (Phi) is 6.19. The Morgan fingerprint density at radius 3 is 2.26 bits per heavy atom. The van der Waals surface area contributed by atoms with Crippen LogP contribution < -0.4 is 5.73 Å². The smallest absolute Gasteiger partial charge is 0.253 e. The van der Waals surface area contributed by atoms with E-state index < -0.39 is 0 Å². The third-order valence-electron chi connectivity index (χ3n) is 4.85. The van der Waals surface area contributed by atoms with Gasteiger partial charge in [0.05, 0.1) is 0 Å². The maximum Gasteiger partial charge on any atom is 0.253 e. The molecular formula is C21H24FN3O2. The first-order chi connectivity index (χ1) is 13.0. The highest BCUT2D eigenvalue weighted by Gasteiger charge is 2.24. The summed E-state index contributed by atoms with van der Waals surface area (Å²) in [6.45, 7) is 2.12. The lowest BCUT2D eigenvalue weighted by Gasteiger charge is -2.23. The predicted molar refractivity (Wildman–Crippen MR) is 101 cm³/mol. The van der Waals surface area contributed by atoms with Crippen LogP contribution >= 0.6 is 0 Å². The molecule has 0 spiro atoms. The second-order valence-corrected chi connectivity index (χ2v) is 6.75. The molecule has 142 valence electrons. The molecule has 1 unspecified atom stereocenters. The molecule has 0 bridgehead atoms. The largest absolute Gasteiger partial charge is 0.341 e. The maximum atomic E-state index is 13.0. The Labute approximate surface area is 158 Å². The summed E-state index contributed by atoms with van der Waals surface area (Å²) in [6.07, 6.45) is 0.954. The highest BCUT2D eigenvalue weighted by Crippen LogP contribution is 2.16. The van der Waals surface area contributed by atoms with Gasteiger partial charge < -0.3 is 15.5 Å². The fourth-order valence-corrected chi connectivity index (χ4v) is 3.28. The molecule has 1 aliphatic heterocycles. The van der Waals surface area contributed by atoms with Crippen LogP contribution in [0.2, 0.25) is 0 Å². The number of halogens is 1. The summed E-state index contributed by atoms with van der Waals surface area (Å²) in [6, 6.07) is 14.8. The normalized spacial score (nSPS) is 15.9. The molecule has 1 atom stereocenters. The van der Waals surface area contributed by atoms with E-state index in [1.54, 1.807) is 9.80 Å². The second-order valence-electron chi connectivity index (χ2n) is 6.75. The average molecular weight is 369 g/mol. The molecule has 2 N–H and O–H groups in total. The van der Waals surface area contributed by atoms with Crippen molar-refractivity contribution in [1.29, 1.82) is 0 Å². The third-order valence-corrected chi connectivity index (χ3v) is 4.85. The number of hydrogen-bond donors (Lipinski definition) is 1. The van der Waals surface area contributed by atoms with Gasteiger partial charge in [-0.05, 0) is 36.2 Å². The van der Waals surface area contributed by atoms with Gasteiger partial charge in [0.1, 0.15) is 5.82 Å². The molecule has 0 radical (unpaired) electrons. The van der Waals surface area contributed by atoms with Gasteiger partial charge in [-0.3, -0.25) is 9.59 Å². The number of carbonyl (C=O) groups excluding carboxylic acids is 2. The zero-order valence-corrected chi connectivity index (χ0v) is 15.2. The Balaban J connectivity index is 1.56. The first-order valence-electron chi connectivity index (χ1n) is 9.18. The lowest BCUT2D eigenvalue weighted by molar-refractivity contribution is -0.131. The number of benzene rings is 2. The van der Waals surface area contributed by atoms with Gasteiger partial charge in [0.25, 0.3) is 5.91 Å². The standard InChI is InChI=1S/C21H24FN3O2/c22-18-9-7-17(8-10-18)21(27)25-12-4-11-24(13-14-25)20(26)15-19(23)16-5-2-1-3-6-16/h1-3,5-10,19H,4,11-15,23H2. The minimum Gasteiger partial charge on any atom is -0.341 e. The van der Waals surface area contributed by atoms with E-state index in [1.807, 2.05) is 30.3 Å². The number of hydrogen-bond acceptors (Lipinski definition) is 3. The van der Waals surface area contributed by atoms with Crippen LogP contribution in [-0.4, -0.2) is 47.8 Å². The Morgan fingerprint density at radius 2 is 1.56 bits per heavy atom. The van der Waals surface area contributed by atoms with Crippen LogP contribution in [-0.2, 0) is 4.79 Å². The summed E-state index contributed by atoms with van der Waals surface area (Å²) in [5.74, 6) is -0.498. The molecule has 6 heteroatoms. The van der Waals surface area contributed by atoms with Gasteiger partial charge in [-0.1, -0.05) is 30.3 Å². The molecule has 0 aliphatic carbocycles. The van der Waals surface area contributed by atoms with Gasteiger partial charge in [0.2, 0.25) is 5.91 Å². The van der Waals surface area contributed by atoms with E-state index in [2.05, 4.69) is 0 Å². The van der Waals surface area contributed by atoms with Crippen LogP contribution in [0.4, 0.5) is 4.39 Å². The molecule has 0 saturated carbocycles. The van der Waals surface area contributed by atoms with Crippen molar-refractivity contribution in [2.24, 2.45) is 5.73 Å². The lowest BCUT2D eigenvalue weighted by atomic mass is 10.0. The zero-order chi connectivity index (χ0) is 19.2. The summed E-state index contributed by atoms with van der Waals surface area (Å²) < 4.78 is 13.0. The summed E-state index contributed by atoms with van der Waals surface area (Å²) in [5, 5.41) is 0. The fourth-order valence-electron chi connectivity index (χ4n) is 3.28. The van der Waals surface area contributed by atoms with Crippen molar-refractivity contribution in [3.8, 4) is 0 Å². The molecule has 1 fully saturated rings. The van der Waals surface area contributed by atoms with Crippen LogP contribution in [0.15, 0.2) is 54.6 Å². The number of nitrogens with zero attached hydrogens (tertiary/aromatic N) is 2. The number of carbonyl (C=O) groups is 2. The van der Waals surface area contributed by atoms with Crippen molar-refractivity contribution in [2.45, 2.75) is 18.9 Å². The molecule has 0 aromatic heterocycles. The molecule has 3 rings (SSSR count). The van der Waals surface area contributed by atoms with Crippen molar-refractivity contribution in [3.05, 3.63) is 71.5 Å². The number of nitrogens with two attached hydrogens (primary N) is 1. The summed E-state index contributed by atoms with van der Waals surface area (Å²) in [5.41, 5.74) is 7.56. The van der Waals surface area contributed by atoms with Crippen molar-refractivity contribution < 1.29 is 14.0 Å². The molecule has 1 heterocycles. The molecule has 1 saturated heterocycles. The van der Waals surface area contributed by atoms with E-state index >= 15 is 0 Å². The van der Waals surface area contributed by atoms with E-state index in [0.717, 1.165) is 5.56 Å². The SMILES string of the molecule is NC(CC(=O)N1CCCN(C(=O)c2ccc(F)cc2)CC1)c1ccccc1. The molecular weight excluding hydrogens is 345 g/mol. The van der Waals surface area contributed by atoms with E-state index in [9.17, 15) is 14.0 Å². The molecule has 2 aromatic rings. The third kappa shape index (κ3) is 4.92. The highest BCUT2D eigenvalue weighted by atomic mass is 19.1. The van der Waals surface area contributed by atoms with E-state index in [4.69, 9.17) is 5.73 Å². The van der Waals surface area contributed by atoms with Gasteiger partial charge in [0.15, 0.2) is 0 Å². The Morgan fingerprint density at radius 1 is 0.926 bits per heavy atom. The van der Waals surface area contributed by atoms with Crippen molar-refractivity contribution >= 4 is 11.8 Å². The predicted octanol–water partition coefficient (Wildman–Crippen LogP) is 2.59. The van der Waals surface area contributed by atoms with Crippen LogP contribution in [0.3, 0.4) is 0 Å². The van der Waals surface area contributed by atoms with E-state index in [0.29, 0.717) is 38.2 Å². The van der Waals surface area contributed by atoms with E-state index in [-0.39, 0.29) is 30.1 Å². The van der Waals surface area contributed by atoms with Crippen molar-refractivity contribution in [3.63, 3.8) is 0 Å². The summed E-state index contributed by atoms with van der Waals surface area (Å²) in [7, 11) is 0. The van der Waals surface area contributed by atoms with Crippen LogP contribution in [0, 0.1) is 5.82 Å². The quantitative estimate of drug-likeness (QED) is 0.901. The Hall–Kier alpha value is -2.73.